The molecule has 0 aliphatic rings. The second-order valence-electron chi connectivity index (χ2n) is 5.10. The molecule has 106 valence electrons. The number of nitrogens with zero attached hydrogens (tertiary/aromatic N) is 1. The highest BCUT2D eigenvalue weighted by Crippen LogP contribution is 2.19. The number of benzene rings is 2. The van der Waals surface area contributed by atoms with Gasteiger partial charge in [0.25, 0.3) is 0 Å². The Morgan fingerprint density at radius 1 is 1.05 bits per heavy atom. The average Bonchev–Trinajstić information content (AvgIpc) is 2.46. The summed E-state index contributed by atoms with van der Waals surface area (Å²) in [4.78, 5) is 2.17. The Hall–Kier alpha value is -2.00. The molecule has 0 unspecified atom stereocenters. The molecule has 0 amide bonds. The Bertz CT molecular complexity index is 552. The lowest BCUT2D eigenvalue weighted by Crippen LogP contribution is -2.12. The normalized spacial score (nSPS) is 10.6. The molecule has 0 saturated heterocycles. The van der Waals surface area contributed by atoms with E-state index in [2.05, 4.69) is 60.7 Å². The maximum absolute atomic E-state index is 5.25. The van der Waals surface area contributed by atoms with Gasteiger partial charge < -0.3 is 15.0 Å². The molecule has 1 N–H and O–H groups in total. The summed E-state index contributed by atoms with van der Waals surface area (Å²) in [6, 6.07) is 16.6. The van der Waals surface area contributed by atoms with Crippen LogP contribution in [0.25, 0.3) is 0 Å². The van der Waals surface area contributed by atoms with E-state index in [9.17, 15) is 0 Å². The van der Waals surface area contributed by atoms with Gasteiger partial charge in [-0.2, -0.15) is 0 Å². The van der Waals surface area contributed by atoms with Crippen LogP contribution >= 0.6 is 0 Å². The highest BCUT2D eigenvalue weighted by atomic mass is 16.5. The molecule has 0 atom stereocenters. The van der Waals surface area contributed by atoms with Crippen molar-refractivity contribution in [1.29, 1.82) is 0 Å². The standard InChI is InChI=1S/C17H22N2O/c1-19(2)13-15-8-4-5-10-17(15)18-12-14-7-6-9-16(11-14)20-3/h4-11,18H,12-13H2,1-3H3. The number of methoxy groups -OCH3 is 1. The Morgan fingerprint density at radius 3 is 2.60 bits per heavy atom. The molecule has 0 spiro atoms. The molecular formula is C17H22N2O. The predicted molar refractivity (Wildman–Crippen MR) is 84.2 cm³/mol. The van der Waals surface area contributed by atoms with Crippen molar-refractivity contribution >= 4 is 5.69 Å². The van der Waals surface area contributed by atoms with Crippen LogP contribution in [-0.2, 0) is 13.1 Å². The first kappa shape index (κ1) is 14.4. The van der Waals surface area contributed by atoms with Gasteiger partial charge in [0.1, 0.15) is 5.75 Å². The lowest BCUT2D eigenvalue weighted by atomic mass is 10.1. The molecule has 3 nitrogen and oxygen atoms in total. The number of nitrogens with one attached hydrogen (secondary N) is 1. The van der Waals surface area contributed by atoms with Crippen molar-refractivity contribution in [2.75, 3.05) is 26.5 Å². The smallest absolute Gasteiger partial charge is 0.119 e. The minimum atomic E-state index is 0.793. The Labute approximate surface area is 121 Å². The highest BCUT2D eigenvalue weighted by molar-refractivity contribution is 5.51. The van der Waals surface area contributed by atoms with Gasteiger partial charge >= 0.3 is 0 Å². The number of hydrogen-bond donors (Lipinski definition) is 1. The van der Waals surface area contributed by atoms with Gasteiger partial charge in [0.15, 0.2) is 0 Å². The Morgan fingerprint density at radius 2 is 1.85 bits per heavy atom. The zero-order valence-electron chi connectivity index (χ0n) is 12.4. The summed E-state index contributed by atoms with van der Waals surface area (Å²) in [6.07, 6.45) is 0. The third-order valence-electron chi connectivity index (χ3n) is 3.12. The van der Waals surface area contributed by atoms with Crippen molar-refractivity contribution in [2.45, 2.75) is 13.1 Å². The molecule has 0 fully saturated rings. The zero-order chi connectivity index (χ0) is 14.4. The van der Waals surface area contributed by atoms with E-state index in [0.717, 1.165) is 18.8 Å². The van der Waals surface area contributed by atoms with Gasteiger partial charge in [-0.25, -0.2) is 0 Å². The molecule has 0 bridgehead atoms. The van der Waals surface area contributed by atoms with Crippen LogP contribution in [0, 0.1) is 0 Å². The van der Waals surface area contributed by atoms with Gasteiger partial charge in [0.2, 0.25) is 0 Å². The number of rotatable bonds is 6. The predicted octanol–water partition coefficient (Wildman–Crippen LogP) is 3.37. The van der Waals surface area contributed by atoms with Crippen LogP contribution in [0.1, 0.15) is 11.1 Å². The third kappa shape index (κ3) is 4.00. The van der Waals surface area contributed by atoms with E-state index in [1.165, 1.54) is 16.8 Å². The van der Waals surface area contributed by atoms with Crippen molar-refractivity contribution in [3.05, 3.63) is 59.7 Å². The second kappa shape index (κ2) is 6.96. The maximum atomic E-state index is 5.25. The van der Waals surface area contributed by atoms with E-state index in [4.69, 9.17) is 4.74 Å². The van der Waals surface area contributed by atoms with Crippen LogP contribution in [0.3, 0.4) is 0 Å². The van der Waals surface area contributed by atoms with Crippen LogP contribution in [-0.4, -0.2) is 26.1 Å². The fourth-order valence-electron chi connectivity index (χ4n) is 2.15. The van der Waals surface area contributed by atoms with Gasteiger partial charge in [-0.05, 0) is 43.4 Å². The second-order valence-corrected chi connectivity index (χ2v) is 5.10. The van der Waals surface area contributed by atoms with Crippen molar-refractivity contribution in [3.63, 3.8) is 0 Å². The van der Waals surface area contributed by atoms with Crippen molar-refractivity contribution in [1.82, 2.24) is 4.90 Å². The van der Waals surface area contributed by atoms with Crippen LogP contribution in [0.5, 0.6) is 5.75 Å². The van der Waals surface area contributed by atoms with Gasteiger partial charge in [-0.15, -0.1) is 0 Å². The lowest BCUT2D eigenvalue weighted by Gasteiger charge is -2.15. The molecule has 2 aromatic rings. The molecule has 0 aliphatic carbocycles. The lowest BCUT2D eigenvalue weighted by molar-refractivity contribution is 0.403. The highest BCUT2D eigenvalue weighted by Gasteiger charge is 2.03. The van der Waals surface area contributed by atoms with Crippen LogP contribution in [0.2, 0.25) is 0 Å². The van der Waals surface area contributed by atoms with E-state index in [0.29, 0.717) is 0 Å². The monoisotopic (exact) mass is 270 g/mol. The molecule has 3 heteroatoms. The summed E-state index contributed by atoms with van der Waals surface area (Å²) in [5.74, 6) is 0.894. The van der Waals surface area contributed by atoms with E-state index in [-0.39, 0.29) is 0 Å². The summed E-state index contributed by atoms with van der Waals surface area (Å²) in [6.45, 7) is 1.73. The van der Waals surface area contributed by atoms with Gasteiger partial charge in [-0.1, -0.05) is 30.3 Å². The van der Waals surface area contributed by atoms with Gasteiger partial charge in [-0.3, -0.25) is 0 Å². The molecular weight excluding hydrogens is 248 g/mol. The van der Waals surface area contributed by atoms with Crippen molar-refractivity contribution in [2.24, 2.45) is 0 Å². The van der Waals surface area contributed by atoms with Crippen LogP contribution in [0.15, 0.2) is 48.5 Å². The number of ether oxygens (including phenoxy) is 1. The topological polar surface area (TPSA) is 24.5 Å². The first-order chi connectivity index (χ1) is 9.69. The Kier molecular flexibility index (Phi) is 5.02. The zero-order valence-corrected chi connectivity index (χ0v) is 12.4. The van der Waals surface area contributed by atoms with E-state index in [1.54, 1.807) is 7.11 Å². The fourth-order valence-corrected chi connectivity index (χ4v) is 2.15. The fraction of sp³-hybridized carbons (Fsp3) is 0.294. The SMILES string of the molecule is COc1cccc(CNc2ccccc2CN(C)C)c1. The number of para-hydroxylation sites is 1. The minimum absolute atomic E-state index is 0.793. The molecule has 0 heterocycles. The average molecular weight is 270 g/mol. The van der Waals surface area contributed by atoms with Gasteiger partial charge in [0.05, 0.1) is 7.11 Å². The molecule has 20 heavy (non-hydrogen) atoms. The maximum Gasteiger partial charge on any atom is 0.119 e. The molecule has 0 radical (unpaired) electrons. The van der Waals surface area contributed by atoms with E-state index >= 15 is 0 Å². The minimum Gasteiger partial charge on any atom is -0.497 e. The molecule has 0 saturated carbocycles. The van der Waals surface area contributed by atoms with Crippen LogP contribution in [0.4, 0.5) is 5.69 Å². The van der Waals surface area contributed by atoms with E-state index in [1.807, 2.05) is 12.1 Å². The third-order valence-corrected chi connectivity index (χ3v) is 3.12. The molecule has 0 aromatic heterocycles. The van der Waals surface area contributed by atoms with E-state index < -0.39 is 0 Å². The first-order valence-corrected chi connectivity index (χ1v) is 6.78. The van der Waals surface area contributed by atoms with Crippen LogP contribution < -0.4 is 10.1 Å². The summed E-state index contributed by atoms with van der Waals surface area (Å²) in [5, 5.41) is 3.50. The molecule has 2 rings (SSSR count). The first-order valence-electron chi connectivity index (χ1n) is 6.78. The molecule has 2 aromatic carbocycles. The summed E-state index contributed by atoms with van der Waals surface area (Å²) in [7, 11) is 5.86. The van der Waals surface area contributed by atoms with Crippen molar-refractivity contribution < 1.29 is 4.74 Å². The summed E-state index contributed by atoms with van der Waals surface area (Å²) < 4.78 is 5.25. The van der Waals surface area contributed by atoms with Gasteiger partial charge in [0, 0.05) is 18.8 Å². The molecule has 0 aliphatic heterocycles. The Balaban J connectivity index is 2.06. The van der Waals surface area contributed by atoms with Crippen molar-refractivity contribution in [3.8, 4) is 5.75 Å². The summed E-state index contributed by atoms with van der Waals surface area (Å²) >= 11 is 0. The summed E-state index contributed by atoms with van der Waals surface area (Å²) in [5.41, 5.74) is 3.70. The largest absolute Gasteiger partial charge is 0.497 e. The number of hydrogen-bond acceptors (Lipinski definition) is 3. The number of anilines is 1. The quantitative estimate of drug-likeness (QED) is 0.871.